The van der Waals surface area contributed by atoms with Crippen LogP contribution in [0.1, 0.15) is 39.5 Å². The van der Waals surface area contributed by atoms with Crippen molar-refractivity contribution in [3.8, 4) is 5.75 Å². The summed E-state index contributed by atoms with van der Waals surface area (Å²) in [5.41, 5.74) is -0.190. The van der Waals surface area contributed by atoms with Gasteiger partial charge in [-0.25, -0.2) is 9.59 Å². The Labute approximate surface area is 176 Å². The quantitative estimate of drug-likeness (QED) is 0.154. The Morgan fingerprint density at radius 2 is 1.86 bits per heavy atom. The molecule has 0 aromatic heterocycles. The third kappa shape index (κ3) is 8.36. The Hall–Kier alpha value is -1.98. The van der Waals surface area contributed by atoms with E-state index in [1.807, 2.05) is 0 Å². The minimum absolute atomic E-state index is 0.376. The zero-order valence-electron chi connectivity index (χ0n) is 16.4. The van der Waals surface area contributed by atoms with E-state index in [9.17, 15) is 9.59 Å². The second kappa shape index (κ2) is 12.5. The summed E-state index contributed by atoms with van der Waals surface area (Å²) in [5, 5.41) is 0.535. The summed E-state index contributed by atoms with van der Waals surface area (Å²) in [6.45, 7) is 7.67. The lowest BCUT2D eigenvalue weighted by Gasteiger charge is -2.23. The van der Waals surface area contributed by atoms with E-state index in [0.29, 0.717) is 28.3 Å². The van der Waals surface area contributed by atoms with Crippen LogP contribution in [0.5, 0.6) is 5.75 Å². The van der Waals surface area contributed by atoms with Gasteiger partial charge in [-0.2, -0.15) is 0 Å². The lowest BCUT2D eigenvalue weighted by Crippen LogP contribution is -2.30. The zero-order valence-corrected chi connectivity index (χ0v) is 17.9. The minimum atomic E-state index is -1.36. The average Bonchev–Trinajstić information content (AvgIpc) is 2.66. The monoisotopic (exact) mass is 428 g/mol. The first-order valence-corrected chi connectivity index (χ1v) is 9.80. The first-order valence-electron chi connectivity index (χ1n) is 8.99. The molecular weight excluding hydrogens is 403 g/mol. The average molecular weight is 429 g/mol. The van der Waals surface area contributed by atoms with Crippen LogP contribution in [0.2, 0.25) is 5.02 Å². The molecule has 0 radical (unpaired) electrons. The molecule has 0 N–H and O–H groups in total. The molecule has 1 aromatic carbocycles. The van der Waals surface area contributed by atoms with E-state index in [-0.39, 0.29) is 0 Å². The fraction of sp³-hybridized carbons (Fsp3) is 0.429. The smallest absolute Gasteiger partial charge is 0.364 e. The first kappa shape index (κ1) is 24.1. The Kier molecular flexibility index (Phi) is 10.7. The van der Waals surface area contributed by atoms with Crippen molar-refractivity contribution in [2.45, 2.75) is 51.2 Å². The number of hydrogen-bond acceptors (Lipinski definition) is 5. The molecular formula is C21H26Cl2O5. The van der Waals surface area contributed by atoms with Gasteiger partial charge in [0.1, 0.15) is 11.9 Å². The number of esters is 2. The lowest BCUT2D eigenvalue weighted by atomic mass is 9.97. The Morgan fingerprint density at radius 1 is 1.21 bits per heavy atom. The predicted molar refractivity (Wildman–Crippen MR) is 111 cm³/mol. The highest BCUT2D eigenvalue weighted by molar-refractivity contribution is 6.30. The van der Waals surface area contributed by atoms with Gasteiger partial charge in [-0.05, 0) is 55.2 Å². The van der Waals surface area contributed by atoms with Crippen LogP contribution < -0.4 is 4.74 Å². The summed E-state index contributed by atoms with van der Waals surface area (Å²) < 4.78 is 15.6. The number of methoxy groups -OCH3 is 1. The minimum Gasteiger partial charge on any atom is -0.466 e. The van der Waals surface area contributed by atoms with E-state index in [0.717, 1.165) is 19.3 Å². The first-order chi connectivity index (χ1) is 13.3. The van der Waals surface area contributed by atoms with Gasteiger partial charge in [-0.15, -0.1) is 0 Å². The van der Waals surface area contributed by atoms with Gasteiger partial charge in [0, 0.05) is 11.1 Å². The Bertz CT molecular complexity index is 697. The van der Waals surface area contributed by atoms with Crippen molar-refractivity contribution < 1.29 is 23.8 Å². The molecule has 2 atom stereocenters. The summed E-state index contributed by atoms with van der Waals surface area (Å²) in [6, 6.07) is 6.42. The van der Waals surface area contributed by atoms with Crippen LogP contribution in [0, 0.1) is 0 Å². The molecule has 154 valence electrons. The second-order valence-electron chi connectivity index (χ2n) is 6.25. The molecule has 1 rings (SSSR count). The highest BCUT2D eigenvalue weighted by Crippen LogP contribution is 2.24. The number of rotatable bonds is 11. The van der Waals surface area contributed by atoms with Crippen molar-refractivity contribution >= 4 is 35.1 Å². The van der Waals surface area contributed by atoms with Crippen molar-refractivity contribution in [2.75, 3.05) is 7.11 Å². The Morgan fingerprint density at radius 3 is 2.39 bits per heavy atom. The van der Waals surface area contributed by atoms with Crippen LogP contribution in [0.25, 0.3) is 0 Å². The van der Waals surface area contributed by atoms with Gasteiger partial charge in [0.25, 0.3) is 5.56 Å². The maximum absolute atomic E-state index is 12.4. The third-order valence-corrected chi connectivity index (χ3v) is 4.35. The van der Waals surface area contributed by atoms with Gasteiger partial charge in [0.2, 0.25) is 0 Å². The summed E-state index contributed by atoms with van der Waals surface area (Å²) in [4.78, 5) is 24.2. The molecule has 0 saturated carbocycles. The molecule has 7 heteroatoms. The number of unbranched alkanes of at least 4 members (excludes halogenated alkanes) is 2. The van der Waals surface area contributed by atoms with Gasteiger partial charge >= 0.3 is 11.9 Å². The van der Waals surface area contributed by atoms with Gasteiger partial charge in [-0.3, -0.25) is 0 Å². The topological polar surface area (TPSA) is 61.8 Å². The van der Waals surface area contributed by atoms with E-state index in [1.165, 1.54) is 13.2 Å². The molecule has 1 aromatic rings. The molecule has 2 unspecified atom stereocenters. The van der Waals surface area contributed by atoms with Crippen LogP contribution >= 0.6 is 23.2 Å². The number of halogens is 2. The van der Waals surface area contributed by atoms with Crippen molar-refractivity contribution in [1.29, 1.82) is 0 Å². The molecule has 5 nitrogen and oxygen atoms in total. The SMILES string of the molecule is C=C(C)C(OC(=O)C(Cl)Oc1ccc(Cl)cc1)C(=CC(=O)OC)CCCCC. The van der Waals surface area contributed by atoms with Crippen LogP contribution in [-0.2, 0) is 19.1 Å². The second-order valence-corrected chi connectivity index (χ2v) is 7.08. The number of alkyl halides is 1. The maximum Gasteiger partial charge on any atom is 0.364 e. The van der Waals surface area contributed by atoms with Crippen LogP contribution in [0.15, 0.2) is 48.1 Å². The molecule has 28 heavy (non-hydrogen) atoms. The number of hydrogen-bond donors (Lipinski definition) is 0. The predicted octanol–water partition coefficient (Wildman–Crippen LogP) is 5.45. The number of carbonyl (C=O) groups excluding carboxylic acids is 2. The standard InChI is InChI=1S/C21H26Cl2O5/c1-5-6-7-8-15(13-18(24)26-4)19(14(2)3)28-21(25)20(23)27-17-11-9-16(22)10-12-17/h9-13,19-20H,2,5-8H2,1,3-4H3. The molecule has 0 aliphatic heterocycles. The largest absolute Gasteiger partial charge is 0.466 e. The Balaban J connectivity index is 2.89. The highest BCUT2D eigenvalue weighted by Gasteiger charge is 2.26. The van der Waals surface area contributed by atoms with Gasteiger partial charge < -0.3 is 14.2 Å². The third-order valence-electron chi connectivity index (χ3n) is 3.83. The number of benzene rings is 1. The summed E-state index contributed by atoms with van der Waals surface area (Å²) in [5.74, 6) is -0.925. The van der Waals surface area contributed by atoms with Crippen molar-refractivity contribution in [2.24, 2.45) is 0 Å². The van der Waals surface area contributed by atoms with E-state index in [4.69, 9.17) is 37.4 Å². The lowest BCUT2D eigenvalue weighted by molar-refractivity contribution is -0.150. The number of carbonyl (C=O) groups is 2. The normalized spacial score (nSPS) is 13.4. The molecule has 0 spiro atoms. The summed E-state index contributed by atoms with van der Waals surface area (Å²) in [6.07, 6.45) is 3.95. The van der Waals surface area contributed by atoms with Crippen LogP contribution in [0.4, 0.5) is 0 Å². The van der Waals surface area contributed by atoms with Crippen molar-refractivity contribution in [3.63, 3.8) is 0 Å². The molecule has 0 saturated heterocycles. The van der Waals surface area contributed by atoms with Crippen LogP contribution in [-0.4, -0.2) is 30.7 Å². The molecule has 0 amide bonds. The van der Waals surface area contributed by atoms with Crippen LogP contribution in [0.3, 0.4) is 0 Å². The van der Waals surface area contributed by atoms with Crippen molar-refractivity contribution in [3.05, 3.63) is 53.1 Å². The van der Waals surface area contributed by atoms with E-state index in [2.05, 4.69) is 13.5 Å². The summed E-state index contributed by atoms with van der Waals surface area (Å²) in [7, 11) is 1.29. The molecule has 0 heterocycles. The molecule has 0 bridgehead atoms. The number of ether oxygens (including phenoxy) is 3. The van der Waals surface area contributed by atoms with Gasteiger partial charge in [0.05, 0.1) is 7.11 Å². The molecule has 0 fully saturated rings. The van der Waals surface area contributed by atoms with Crippen molar-refractivity contribution in [1.82, 2.24) is 0 Å². The fourth-order valence-electron chi connectivity index (χ4n) is 2.41. The fourth-order valence-corrected chi connectivity index (χ4v) is 2.69. The van der Waals surface area contributed by atoms with E-state index < -0.39 is 23.6 Å². The summed E-state index contributed by atoms with van der Waals surface area (Å²) >= 11 is 11.9. The molecule has 0 aliphatic carbocycles. The van der Waals surface area contributed by atoms with E-state index >= 15 is 0 Å². The molecule has 0 aliphatic rings. The zero-order chi connectivity index (χ0) is 21.1. The van der Waals surface area contributed by atoms with Gasteiger partial charge in [-0.1, -0.05) is 49.5 Å². The maximum atomic E-state index is 12.4. The van der Waals surface area contributed by atoms with Gasteiger partial charge in [0.15, 0.2) is 0 Å². The van der Waals surface area contributed by atoms with E-state index in [1.54, 1.807) is 31.2 Å². The highest BCUT2D eigenvalue weighted by atomic mass is 35.5.